The Morgan fingerprint density at radius 1 is 1.29 bits per heavy atom. The number of hydrogen-bond acceptors (Lipinski definition) is 4. The molecule has 0 saturated carbocycles. The molecular formula is C9H10N4S. The quantitative estimate of drug-likeness (QED) is 0.598. The Bertz CT molecular complexity index is 421. The van der Waals surface area contributed by atoms with Gasteiger partial charge in [-0.1, -0.05) is 11.8 Å². The minimum Gasteiger partial charge on any atom is -0.399 e. The van der Waals surface area contributed by atoms with E-state index in [1.54, 1.807) is 11.0 Å². The zero-order chi connectivity index (χ0) is 9.97. The third-order valence-electron chi connectivity index (χ3n) is 1.81. The number of nitrogen functional groups attached to an aromatic ring is 1. The number of anilines is 1. The van der Waals surface area contributed by atoms with Gasteiger partial charge in [-0.2, -0.15) is 0 Å². The van der Waals surface area contributed by atoms with Gasteiger partial charge in [0.15, 0.2) is 0 Å². The lowest BCUT2D eigenvalue weighted by Gasteiger charge is -1.99. The summed E-state index contributed by atoms with van der Waals surface area (Å²) < 4.78 is 1.73. The van der Waals surface area contributed by atoms with Crippen LogP contribution in [0.4, 0.5) is 5.69 Å². The monoisotopic (exact) mass is 206 g/mol. The molecule has 0 spiro atoms. The Kier molecular flexibility index (Phi) is 2.41. The minimum absolute atomic E-state index is 0.749. The predicted molar refractivity (Wildman–Crippen MR) is 57.6 cm³/mol. The molecule has 4 nitrogen and oxygen atoms in total. The summed E-state index contributed by atoms with van der Waals surface area (Å²) in [7, 11) is 0. The van der Waals surface area contributed by atoms with Crippen molar-refractivity contribution in [2.24, 2.45) is 0 Å². The summed E-state index contributed by atoms with van der Waals surface area (Å²) in [4.78, 5) is 4.12. The van der Waals surface area contributed by atoms with E-state index < -0.39 is 0 Å². The van der Waals surface area contributed by atoms with Crippen LogP contribution in [0.1, 0.15) is 0 Å². The molecule has 0 bridgehead atoms. The first-order chi connectivity index (χ1) is 6.79. The first-order valence-corrected chi connectivity index (χ1v) is 5.33. The lowest BCUT2D eigenvalue weighted by Crippen LogP contribution is -1.94. The molecule has 0 aliphatic carbocycles. The number of aromatic nitrogens is 3. The molecule has 1 aromatic heterocycles. The normalized spacial score (nSPS) is 10.4. The maximum atomic E-state index is 5.59. The Morgan fingerprint density at radius 3 is 2.57 bits per heavy atom. The molecule has 0 aliphatic heterocycles. The molecule has 2 rings (SSSR count). The van der Waals surface area contributed by atoms with Gasteiger partial charge >= 0.3 is 0 Å². The molecule has 72 valence electrons. The molecule has 0 saturated heterocycles. The van der Waals surface area contributed by atoms with E-state index in [9.17, 15) is 0 Å². The molecule has 0 amide bonds. The van der Waals surface area contributed by atoms with E-state index >= 15 is 0 Å². The molecule has 1 aromatic carbocycles. The summed E-state index contributed by atoms with van der Waals surface area (Å²) in [6.45, 7) is 0. The zero-order valence-electron chi connectivity index (χ0n) is 7.71. The molecule has 0 fully saturated rings. The number of rotatable bonds is 2. The fourth-order valence-electron chi connectivity index (χ4n) is 1.09. The van der Waals surface area contributed by atoms with E-state index in [-0.39, 0.29) is 0 Å². The van der Waals surface area contributed by atoms with Gasteiger partial charge in [-0.3, -0.25) is 0 Å². The summed E-state index contributed by atoms with van der Waals surface area (Å²) in [5, 5.41) is 5.02. The van der Waals surface area contributed by atoms with E-state index in [2.05, 4.69) is 10.1 Å². The van der Waals surface area contributed by atoms with Crippen LogP contribution in [0.15, 0.2) is 35.7 Å². The topological polar surface area (TPSA) is 56.7 Å². The molecule has 14 heavy (non-hydrogen) atoms. The van der Waals surface area contributed by atoms with E-state index in [1.807, 2.05) is 30.5 Å². The summed E-state index contributed by atoms with van der Waals surface area (Å²) in [6, 6.07) is 7.51. The highest BCUT2D eigenvalue weighted by Gasteiger charge is 2.00. The zero-order valence-corrected chi connectivity index (χ0v) is 8.53. The summed E-state index contributed by atoms with van der Waals surface area (Å²) in [5.74, 6) is 0. The Hall–Kier alpha value is -1.49. The van der Waals surface area contributed by atoms with Gasteiger partial charge in [-0.05, 0) is 30.5 Å². The third-order valence-corrected chi connectivity index (χ3v) is 2.36. The lowest BCUT2D eigenvalue weighted by atomic mass is 10.3. The van der Waals surface area contributed by atoms with Crippen LogP contribution in [0.3, 0.4) is 0 Å². The van der Waals surface area contributed by atoms with Gasteiger partial charge in [-0.15, -0.1) is 5.10 Å². The largest absolute Gasteiger partial charge is 0.399 e. The van der Waals surface area contributed by atoms with Gasteiger partial charge in [0.05, 0.1) is 5.69 Å². The molecule has 0 unspecified atom stereocenters. The SMILES string of the molecule is CSc1ncn(-c2ccc(N)cc2)n1. The van der Waals surface area contributed by atoms with Crippen molar-refractivity contribution in [1.29, 1.82) is 0 Å². The fourth-order valence-corrected chi connectivity index (χ4v) is 1.42. The predicted octanol–water partition coefficient (Wildman–Crippen LogP) is 1.57. The van der Waals surface area contributed by atoms with Gasteiger partial charge in [-0.25, -0.2) is 9.67 Å². The highest BCUT2D eigenvalue weighted by atomic mass is 32.2. The molecule has 0 aliphatic rings. The van der Waals surface area contributed by atoms with E-state index in [1.165, 1.54) is 11.8 Å². The van der Waals surface area contributed by atoms with Crippen LogP contribution in [0.5, 0.6) is 0 Å². The second kappa shape index (κ2) is 3.71. The second-order valence-electron chi connectivity index (χ2n) is 2.77. The van der Waals surface area contributed by atoms with Crippen molar-refractivity contribution >= 4 is 17.4 Å². The molecule has 2 N–H and O–H groups in total. The fraction of sp³-hybridized carbons (Fsp3) is 0.111. The van der Waals surface area contributed by atoms with E-state index in [0.717, 1.165) is 16.5 Å². The van der Waals surface area contributed by atoms with Gasteiger partial charge < -0.3 is 5.73 Å². The van der Waals surface area contributed by atoms with Crippen molar-refractivity contribution in [3.8, 4) is 5.69 Å². The first kappa shape index (κ1) is 9.08. The van der Waals surface area contributed by atoms with E-state index in [4.69, 9.17) is 5.73 Å². The molecule has 1 heterocycles. The number of thioether (sulfide) groups is 1. The number of hydrogen-bond donors (Lipinski definition) is 1. The minimum atomic E-state index is 0.749. The average molecular weight is 206 g/mol. The van der Waals surface area contributed by atoms with Crippen LogP contribution in [0.2, 0.25) is 0 Å². The second-order valence-corrected chi connectivity index (χ2v) is 3.54. The van der Waals surface area contributed by atoms with Gasteiger partial charge in [0, 0.05) is 5.69 Å². The maximum Gasteiger partial charge on any atom is 0.208 e. The van der Waals surface area contributed by atoms with Crippen LogP contribution in [-0.2, 0) is 0 Å². The lowest BCUT2D eigenvalue weighted by molar-refractivity contribution is 0.835. The Balaban J connectivity index is 2.34. The highest BCUT2D eigenvalue weighted by Crippen LogP contribution is 2.12. The molecule has 0 atom stereocenters. The van der Waals surface area contributed by atoms with Crippen LogP contribution < -0.4 is 5.73 Å². The van der Waals surface area contributed by atoms with E-state index in [0.29, 0.717) is 0 Å². The van der Waals surface area contributed by atoms with Crippen LogP contribution >= 0.6 is 11.8 Å². The van der Waals surface area contributed by atoms with Crippen molar-refractivity contribution < 1.29 is 0 Å². The number of nitrogens with two attached hydrogens (primary N) is 1. The van der Waals surface area contributed by atoms with Crippen LogP contribution in [0.25, 0.3) is 5.69 Å². The molecule has 2 aromatic rings. The van der Waals surface area contributed by atoms with Gasteiger partial charge in [0.1, 0.15) is 6.33 Å². The summed E-state index contributed by atoms with van der Waals surface area (Å²) >= 11 is 1.52. The number of benzene rings is 1. The standard InChI is InChI=1S/C9H10N4S/c1-14-9-11-6-13(12-9)8-4-2-7(10)3-5-8/h2-6H,10H2,1H3. The van der Waals surface area contributed by atoms with Crippen molar-refractivity contribution in [2.45, 2.75) is 5.16 Å². The van der Waals surface area contributed by atoms with Crippen molar-refractivity contribution in [2.75, 3.05) is 12.0 Å². The highest BCUT2D eigenvalue weighted by molar-refractivity contribution is 7.98. The number of nitrogens with zero attached hydrogens (tertiary/aromatic N) is 3. The van der Waals surface area contributed by atoms with Crippen molar-refractivity contribution in [1.82, 2.24) is 14.8 Å². The maximum absolute atomic E-state index is 5.59. The Morgan fingerprint density at radius 2 is 2.00 bits per heavy atom. The van der Waals surface area contributed by atoms with Crippen LogP contribution in [-0.4, -0.2) is 21.0 Å². The molecular weight excluding hydrogens is 196 g/mol. The summed E-state index contributed by atoms with van der Waals surface area (Å²) in [6.07, 6.45) is 3.64. The van der Waals surface area contributed by atoms with Crippen molar-refractivity contribution in [3.63, 3.8) is 0 Å². The average Bonchev–Trinajstić information content (AvgIpc) is 2.67. The Labute approximate surface area is 86.1 Å². The van der Waals surface area contributed by atoms with Gasteiger partial charge in [0.2, 0.25) is 5.16 Å². The van der Waals surface area contributed by atoms with Gasteiger partial charge in [0.25, 0.3) is 0 Å². The third kappa shape index (κ3) is 1.72. The summed E-state index contributed by atoms with van der Waals surface area (Å²) in [5.41, 5.74) is 7.30. The van der Waals surface area contributed by atoms with Crippen molar-refractivity contribution in [3.05, 3.63) is 30.6 Å². The smallest absolute Gasteiger partial charge is 0.208 e. The van der Waals surface area contributed by atoms with Crippen LogP contribution in [0, 0.1) is 0 Å². The molecule has 5 heteroatoms. The molecule has 0 radical (unpaired) electrons. The first-order valence-electron chi connectivity index (χ1n) is 4.11.